The first-order chi connectivity index (χ1) is 16.1. The molecule has 0 amide bonds. The summed E-state index contributed by atoms with van der Waals surface area (Å²) in [6.07, 6.45) is 3.55. The van der Waals surface area contributed by atoms with Crippen LogP contribution < -0.4 is 10.2 Å². The molecule has 5 nitrogen and oxygen atoms in total. The lowest BCUT2D eigenvalue weighted by atomic mass is 9.79. The summed E-state index contributed by atoms with van der Waals surface area (Å²) < 4.78 is 11.1. The molecule has 0 aliphatic heterocycles. The third kappa shape index (κ3) is 5.10. The Morgan fingerprint density at radius 2 is 1.85 bits per heavy atom. The Labute approximate surface area is 195 Å². The lowest BCUT2D eigenvalue weighted by Crippen LogP contribution is -2.29. The number of fused-ring (bicyclic) bond motifs is 1. The van der Waals surface area contributed by atoms with Crippen LogP contribution in [-0.2, 0) is 27.4 Å². The van der Waals surface area contributed by atoms with Gasteiger partial charge in [-0.15, -0.1) is 0 Å². The summed E-state index contributed by atoms with van der Waals surface area (Å²) in [5.41, 5.74) is 9.73. The molecule has 2 atom stereocenters. The van der Waals surface area contributed by atoms with E-state index < -0.39 is 12.0 Å². The summed E-state index contributed by atoms with van der Waals surface area (Å²) in [6.45, 7) is 2.42. The number of nitrogens with one attached hydrogen (secondary N) is 1. The summed E-state index contributed by atoms with van der Waals surface area (Å²) >= 11 is 0. The highest BCUT2D eigenvalue weighted by Gasteiger charge is 2.24. The SMILES string of the molecule is CONC(C(=O)OC)c1ccccc1COc1ccc(C2CCCc3ccccc32)cc1C. The first-order valence-corrected chi connectivity index (χ1v) is 11.4. The Bertz CT molecular complexity index is 1110. The predicted octanol–water partition coefficient (Wildman–Crippen LogP) is 5.41. The van der Waals surface area contributed by atoms with Crippen LogP contribution in [0.3, 0.4) is 0 Å². The molecule has 1 aliphatic carbocycles. The number of methoxy groups -OCH3 is 1. The second-order valence-corrected chi connectivity index (χ2v) is 8.43. The predicted molar refractivity (Wildman–Crippen MR) is 128 cm³/mol. The third-order valence-electron chi connectivity index (χ3n) is 6.39. The average Bonchev–Trinajstić information content (AvgIpc) is 2.86. The van der Waals surface area contributed by atoms with Gasteiger partial charge in [-0.05, 0) is 65.6 Å². The number of hydroxylamine groups is 1. The molecule has 0 fully saturated rings. The van der Waals surface area contributed by atoms with E-state index in [-0.39, 0.29) is 0 Å². The van der Waals surface area contributed by atoms with Gasteiger partial charge in [-0.1, -0.05) is 60.7 Å². The number of carbonyl (C=O) groups is 1. The first-order valence-electron chi connectivity index (χ1n) is 11.4. The molecule has 33 heavy (non-hydrogen) atoms. The Kier molecular flexibility index (Phi) is 7.43. The average molecular weight is 446 g/mol. The summed E-state index contributed by atoms with van der Waals surface area (Å²) in [5, 5.41) is 0. The minimum absolute atomic E-state index is 0.335. The van der Waals surface area contributed by atoms with E-state index in [9.17, 15) is 4.79 Å². The molecule has 0 heterocycles. The third-order valence-corrected chi connectivity index (χ3v) is 6.39. The van der Waals surface area contributed by atoms with Gasteiger partial charge in [0, 0.05) is 5.92 Å². The fourth-order valence-corrected chi connectivity index (χ4v) is 4.73. The van der Waals surface area contributed by atoms with Crippen LogP contribution in [0.25, 0.3) is 0 Å². The molecule has 172 valence electrons. The van der Waals surface area contributed by atoms with Crippen molar-refractivity contribution in [2.75, 3.05) is 14.2 Å². The Balaban J connectivity index is 1.53. The number of aryl methyl sites for hydroxylation is 2. The van der Waals surface area contributed by atoms with Crippen molar-refractivity contribution in [3.8, 4) is 5.75 Å². The van der Waals surface area contributed by atoms with Gasteiger partial charge in [0.15, 0.2) is 6.04 Å². The van der Waals surface area contributed by atoms with Crippen molar-refractivity contribution < 1.29 is 19.1 Å². The maximum absolute atomic E-state index is 12.3. The molecule has 0 spiro atoms. The first kappa shape index (κ1) is 23.0. The number of rotatable bonds is 8. The van der Waals surface area contributed by atoms with E-state index in [2.05, 4.69) is 54.9 Å². The molecule has 1 aliphatic rings. The largest absolute Gasteiger partial charge is 0.489 e. The van der Waals surface area contributed by atoms with Gasteiger partial charge in [0.1, 0.15) is 12.4 Å². The fraction of sp³-hybridized carbons (Fsp3) is 0.321. The van der Waals surface area contributed by atoms with Gasteiger partial charge in [0.2, 0.25) is 0 Å². The minimum atomic E-state index is -0.727. The van der Waals surface area contributed by atoms with E-state index in [0.29, 0.717) is 12.5 Å². The van der Waals surface area contributed by atoms with Crippen LogP contribution in [0.5, 0.6) is 5.75 Å². The number of hydrogen-bond donors (Lipinski definition) is 1. The quantitative estimate of drug-likeness (QED) is 0.371. The molecule has 0 radical (unpaired) electrons. The topological polar surface area (TPSA) is 56.8 Å². The highest BCUT2D eigenvalue weighted by atomic mass is 16.6. The molecule has 2 unspecified atom stereocenters. The number of hydrogen-bond acceptors (Lipinski definition) is 5. The summed E-state index contributed by atoms with van der Waals surface area (Å²) in [6, 6.07) is 22.2. The summed E-state index contributed by atoms with van der Waals surface area (Å²) in [4.78, 5) is 17.3. The monoisotopic (exact) mass is 445 g/mol. The maximum Gasteiger partial charge on any atom is 0.329 e. The maximum atomic E-state index is 12.3. The normalized spacial score (nSPS) is 16.0. The van der Waals surface area contributed by atoms with Crippen molar-refractivity contribution in [3.05, 3.63) is 100 Å². The van der Waals surface area contributed by atoms with Crippen molar-refractivity contribution in [1.82, 2.24) is 5.48 Å². The van der Waals surface area contributed by atoms with E-state index in [1.807, 2.05) is 24.3 Å². The van der Waals surface area contributed by atoms with Crippen LogP contribution in [-0.4, -0.2) is 20.2 Å². The molecule has 0 saturated carbocycles. The molecular formula is C28H31NO4. The van der Waals surface area contributed by atoms with E-state index in [1.165, 1.54) is 43.8 Å². The lowest BCUT2D eigenvalue weighted by molar-refractivity contribution is -0.147. The van der Waals surface area contributed by atoms with E-state index >= 15 is 0 Å². The number of carbonyl (C=O) groups excluding carboxylic acids is 1. The van der Waals surface area contributed by atoms with Crippen LogP contribution in [0.4, 0.5) is 0 Å². The van der Waals surface area contributed by atoms with E-state index in [0.717, 1.165) is 28.9 Å². The highest BCUT2D eigenvalue weighted by molar-refractivity contribution is 5.77. The molecule has 1 N–H and O–H groups in total. The van der Waals surface area contributed by atoms with Crippen molar-refractivity contribution in [1.29, 1.82) is 0 Å². The molecular weight excluding hydrogens is 414 g/mol. The molecule has 0 bridgehead atoms. The molecule has 3 aromatic rings. The fourth-order valence-electron chi connectivity index (χ4n) is 4.73. The Morgan fingerprint density at radius 3 is 2.64 bits per heavy atom. The smallest absolute Gasteiger partial charge is 0.329 e. The molecule has 4 rings (SSSR count). The molecule has 5 heteroatoms. The number of ether oxygens (including phenoxy) is 2. The lowest BCUT2D eigenvalue weighted by Gasteiger charge is -2.26. The van der Waals surface area contributed by atoms with Gasteiger partial charge in [0.25, 0.3) is 0 Å². The standard InChI is InChI=1S/C28H31NO4/c1-19-17-21(24-14-8-11-20-9-4-6-12-23(20)24)15-16-26(19)33-18-22-10-5-7-13-25(22)27(29-32-3)28(30)31-2/h4-7,9-10,12-13,15-17,24,27,29H,8,11,14,18H2,1-3H3. The van der Waals surface area contributed by atoms with Crippen molar-refractivity contribution in [3.63, 3.8) is 0 Å². The van der Waals surface area contributed by atoms with Gasteiger partial charge in [0.05, 0.1) is 14.2 Å². The Hall–Kier alpha value is -3.15. The molecule has 0 aromatic heterocycles. The van der Waals surface area contributed by atoms with Crippen LogP contribution >= 0.6 is 0 Å². The highest BCUT2D eigenvalue weighted by Crippen LogP contribution is 2.38. The summed E-state index contributed by atoms with van der Waals surface area (Å²) in [7, 11) is 2.84. The molecule has 0 saturated heterocycles. The second kappa shape index (κ2) is 10.6. The van der Waals surface area contributed by atoms with Crippen molar-refractivity contribution in [2.45, 2.75) is 44.8 Å². The number of benzene rings is 3. The molecule has 3 aromatic carbocycles. The van der Waals surface area contributed by atoms with Crippen molar-refractivity contribution in [2.24, 2.45) is 0 Å². The number of esters is 1. The van der Waals surface area contributed by atoms with E-state index in [4.69, 9.17) is 14.3 Å². The van der Waals surface area contributed by atoms with Gasteiger partial charge < -0.3 is 14.3 Å². The van der Waals surface area contributed by atoms with Crippen LogP contribution in [0.1, 0.15) is 58.2 Å². The zero-order valence-corrected chi connectivity index (χ0v) is 19.5. The second-order valence-electron chi connectivity index (χ2n) is 8.43. The summed E-state index contributed by atoms with van der Waals surface area (Å²) in [5.74, 6) is 0.855. The van der Waals surface area contributed by atoms with E-state index in [1.54, 1.807) is 0 Å². The zero-order valence-electron chi connectivity index (χ0n) is 19.5. The van der Waals surface area contributed by atoms with Gasteiger partial charge in [-0.3, -0.25) is 0 Å². The van der Waals surface area contributed by atoms with Crippen molar-refractivity contribution >= 4 is 5.97 Å². The van der Waals surface area contributed by atoms with Gasteiger partial charge >= 0.3 is 5.97 Å². The van der Waals surface area contributed by atoms with Crippen LogP contribution in [0, 0.1) is 6.92 Å². The van der Waals surface area contributed by atoms with Gasteiger partial charge in [-0.2, -0.15) is 5.48 Å². The minimum Gasteiger partial charge on any atom is -0.489 e. The van der Waals surface area contributed by atoms with Crippen LogP contribution in [0.15, 0.2) is 66.7 Å². The van der Waals surface area contributed by atoms with Gasteiger partial charge in [-0.25, -0.2) is 4.79 Å². The Morgan fingerprint density at radius 1 is 1.06 bits per heavy atom. The van der Waals surface area contributed by atoms with Crippen LogP contribution in [0.2, 0.25) is 0 Å². The zero-order chi connectivity index (χ0) is 23.2.